The van der Waals surface area contributed by atoms with Gasteiger partial charge < -0.3 is 5.11 Å². The summed E-state index contributed by atoms with van der Waals surface area (Å²) < 4.78 is 24.8. The molecule has 1 heterocycles. The number of nitrogens with zero attached hydrogens (tertiary/aromatic N) is 2. The van der Waals surface area contributed by atoms with Crippen molar-refractivity contribution in [3.63, 3.8) is 0 Å². The zero-order valence-corrected chi connectivity index (χ0v) is 10.6. The fourth-order valence-electron chi connectivity index (χ4n) is 1.20. The predicted octanol–water partition coefficient (Wildman–Crippen LogP) is 0.954. The van der Waals surface area contributed by atoms with Crippen molar-refractivity contribution >= 4 is 21.7 Å². The molecule has 94 valence electrons. The molecule has 0 spiro atoms. The van der Waals surface area contributed by atoms with E-state index in [1.807, 2.05) is 0 Å². The Bertz CT molecular complexity index is 525. The van der Waals surface area contributed by atoms with E-state index < -0.39 is 21.2 Å². The summed E-state index contributed by atoms with van der Waals surface area (Å²) in [6, 6.07) is 2.68. The Morgan fingerprint density at radius 3 is 2.53 bits per heavy atom. The Balaban J connectivity index is 3.18. The van der Waals surface area contributed by atoms with Gasteiger partial charge in [0.25, 0.3) is 0 Å². The highest BCUT2D eigenvalue weighted by molar-refractivity contribution is 7.93. The van der Waals surface area contributed by atoms with Crippen LogP contribution >= 0.6 is 0 Å². The maximum atomic E-state index is 11.9. The van der Waals surface area contributed by atoms with Gasteiger partial charge in [0.2, 0.25) is 10.0 Å². The largest absolute Gasteiger partial charge is 0.477 e. The van der Waals surface area contributed by atoms with Gasteiger partial charge in [-0.3, -0.25) is 4.31 Å². The van der Waals surface area contributed by atoms with Crippen LogP contribution in [0.2, 0.25) is 0 Å². The van der Waals surface area contributed by atoms with E-state index in [0.717, 1.165) is 4.31 Å². The molecule has 7 heteroatoms. The van der Waals surface area contributed by atoms with Crippen LogP contribution in [0.4, 0.5) is 5.69 Å². The van der Waals surface area contributed by atoms with Crippen LogP contribution in [0.3, 0.4) is 0 Å². The van der Waals surface area contributed by atoms with E-state index >= 15 is 0 Å². The number of pyridine rings is 1. The van der Waals surface area contributed by atoms with Crippen molar-refractivity contribution in [2.75, 3.05) is 11.4 Å². The first-order chi connectivity index (χ1) is 7.76. The molecule has 1 N–H and O–H groups in total. The summed E-state index contributed by atoms with van der Waals surface area (Å²) in [6.07, 6.45) is 1.27. The Kier molecular flexibility index (Phi) is 3.72. The molecule has 0 saturated carbocycles. The highest BCUT2D eigenvalue weighted by atomic mass is 32.2. The molecule has 1 rings (SSSR count). The fourth-order valence-corrected chi connectivity index (χ4v) is 2.24. The number of aromatic carboxylic acids is 1. The molecule has 0 aliphatic heterocycles. The number of hydrogen-bond donors (Lipinski definition) is 1. The van der Waals surface area contributed by atoms with Gasteiger partial charge in [0.15, 0.2) is 0 Å². The van der Waals surface area contributed by atoms with Crippen molar-refractivity contribution in [3.05, 3.63) is 24.0 Å². The average molecular weight is 258 g/mol. The molecule has 0 saturated heterocycles. The van der Waals surface area contributed by atoms with Crippen molar-refractivity contribution < 1.29 is 18.3 Å². The van der Waals surface area contributed by atoms with Gasteiger partial charge in [0, 0.05) is 13.2 Å². The van der Waals surface area contributed by atoms with Crippen LogP contribution in [0.5, 0.6) is 0 Å². The average Bonchev–Trinajstić information content (AvgIpc) is 2.27. The van der Waals surface area contributed by atoms with Crippen LogP contribution < -0.4 is 4.31 Å². The molecule has 0 aromatic carbocycles. The third kappa shape index (κ3) is 2.73. The molecular weight excluding hydrogens is 244 g/mol. The van der Waals surface area contributed by atoms with E-state index in [1.165, 1.54) is 25.4 Å². The van der Waals surface area contributed by atoms with Gasteiger partial charge in [-0.1, -0.05) is 0 Å². The zero-order chi connectivity index (χ0) is 13.2. The molecule has 17 heavy (non-hydrogen) atoms. The van der Waals surface area contributed by atoms with Crippen LogP contribution in [0.15, 0.2) is 18.3 Å². The Hall–Kier alpha value is -1.63. The first kappa shape index (κ1) is 13.4. The molecule has 0 fully saturated rings. The molecule has 1 aromatic heterocycles. The lowest BCUT2D eigenvalue weighted by Gasteiger charge is -2.21. The van der Waals surface area contributed by atoms with Gasteiger partial charge >= 0.3 is 5.97 Å². The molecule has 0 aliphatic rings. The molecule has 1 aromatic rings. The smallest absolute Gasteiger partial charge is 0.354 e. The van der Waals surface area contributed by atoms with Crippen LogP contribution in [-0.2, 0) is 10.0 Å². The van der Waals surface area contributed by atoms with E-state index in [-0.39, 0.29) is 11.4 Å². The molecular formula is C10H14N2O4S. The Labute approximate surface area is 100.0 Å². The van der Waals surface area contributed by atoms with Crippen LogP contribution in [0.25, 0.3) is 0 Å². The lowest BCUT2D eigenvalue weighted by atomic mass is 10.3. The first-order valence-corrected chi connectivity index (χ1v) is 6.44. The van der Waals surface area contributed by atoms with Gasteiger partial charge in [-0.2, -0.15) is 0 Å². The molecule has 6 nitrogen and oxygen atoms in total. The summed E-state index contributed by atoms with van der Waals surface area (Å²) in [5.41, 5.74) is 0.0967. The van der Waals surface area contributed by atoms with Gasteiger partial charge in [-0.15, -0.1) is 0 Å². The number of carboxylic acid groups (broad SMARTS) is 1. The number of carbonyl (C=O) groups is 1. The summed E-state index contributed by atoms with van der Waals surface area (Å²) >= 11 is 0. The maximum absolute atomic E-state index is 11.9. The van der Waals surface area contributed by atoms with Crippen LogP contribution in [0.1, 0.15) is 24.3 Å². The minimum Gasteiger partial charge on any atom is -0.477 e. The van der Waals surface area contributed by atoms with Gasteiger partial charge in [0.1, 0.15) is 5.69 Å². The summed E-state index contributed by atoms with van der Waals surface area (Å²) in [6.45, 7) is 3.12. The zero-order valence-electron chi connectivity index (χ0n) is 9.78. The van der Waals surface area contributed by atoms with E-state index in [0.29, 0.717) is 0 Å². The van der Waals surface area contributed by atoms with Crippen molar-refractivity contribution in [3.8, 4) is 0 Å². The van der Waals surface area contributed by atoms with Crippen molar-refractivity contribution in [1.82, 2.24) is 4.98 Å². The topological polar surface area (TPSA) is 87.6 Å². The molecule has 0 radical (unpaired) electrons. The predicted molar refractivity (Wildman–Crippen MR) is 63.7 cm³/mol. The quantitative estimate of drug-likeness (QED) is 0.868. The Morgan fingerprint density at radius 2 is 2.06 bits per heavy atom. The highest BCUT2D eigenvalue weighted by Crippen LogP contribution is 2.18. The van der Waals surface area contributed by atoms with E-state index in [4.69, 9.17) is 5.11 Å². The maximum Gasteiger partial charge on any atom is 0.354 e. The number of rotatable bonds is 4. The summed E-state index contributed by atoms with van der Waals surface area (Å²) in [5, 5.41) is 8.20. The lowest BCUT2D eigenvalue weighted by Crippen LogP contribution is -2.33. The van der Waals surface area contributed by atoms with E-state index in [2.05, 4.69) is 4.98 Å². The van der Waals surface area contributed by atoms with E-state index in [1.54, 1.807) is 13.8 Å². The van der Waals surface area contributed by atoms with Crippen LogP contribution in [-0.4, -0.2) is 36.8 Å². The highest BCUT2D eigenvalue weighted by Gasteiger charge is 2.23. The number of carboxylic acids is 1. The number of aromatic nitrogens is 1. The Morgan fingerprint density at radius 1 is 1.47 bits per heavy atom. The third-order valence-corrected chi connectivity index (χ3v) is 4.47. The molecule has 0 amide bonds. The molecule has 0 aliphatic carbocycles. The second-order valence-corrected chi connectivity index (χ2v) is 6.29. The van der Waals surface area contributed by atoms with Crippen molar-refractivity contribution in [1.29, 1.82) is 0 Å². The normalized spacial score (nSPS) is 11.5. The second kappa shape index (κ2) is 4.70. The van der Waals surface area contributed by atoms with Crippen LogP contribution in [0, 0.1) is 0 Å². The number of anilines is 1. The standard InChI is InChI=1S/C10H14N2O4S/c1-7(2)17(15,16)12(3)8-4-5-11-9(6-8)10(13)14/h4-7H,1-3H3,(H,13,14). The fraction of sp³-hybridized carbons (Fsp3) is 0.400. The molecule has 0 bridgehead atoms. The van der Waals surface area contributed by atoms with Gasteiger partial charge in [-0.25, -0.2) is 18.2 Å². The SMILES string of the molecule is CC(C)S(=O)(=O)N(C)c1ccnc(C(=O)O)c1. The lowest BCUT2D eigenvalue weighted by molar-refractivity contribution is 0.0690. The third-order valence-electron chi connectivity index (χ3n) is 2.30. The minimum absolute atomic E-state index is 0.187. The van der Waals surface area contributed by atoms with Gasteiger partial charge in [-0.05, 0) is 26.0 Å². The summed E-state index contributed by atoms with van der Waals surface area (Å²) in [7, 11) is -2.07. The number of sulfonamides is 1. The summed E-state index contributed by atoms with van der Waals surface area (Å²) in [4.78, 5) is 14.4. The van der Waals surface area contributed by atoms with Crippen molar-refractivity contribution in [2.45, 2.75) is 19.1 Å². The van der Waals surface area contributed by atoms with Gasteiger partial charge in [0.05, 0.1) is 10.9 Å². The summed E-state index contributed by atoms with van der Waals surface area (Å²) in [5.74, 6) is -1.19. The minimum atomic E-state index is -3.46. The first-order valence-electron chi connectivity index (χ1n) is 4.94. The second-order valence-electron chi connectivity index (χ2n) is 3.77. The van der Waals surface area contributed by atoms with E-state index in [9.17, 15) is 13.2 Å². The monoisotopic (exact) mass is 258 g/mol. The van der Waals surface area contributed by atoms with Crippen molar-refractivity contribution in [2.24, 2.45) is 0 Å². The molecule has 0 unspecified atom stereocenters. The molecule has 0 atom stereocenters. The number of hydrogen-bond acceptors (Lipinski definition) is 4.